The quantitative estimate of drug-likeness (QED) is 0.290. The summed E-state index contributed by atoms with van der Waals surface area (Å²) in [5.41, 5.74) is 4.26. The Hall–Kier alpha value is -3.68. The van der Waals surface area contributed by atoms with Gasteiger partial charge in [0, 0.05) is 62.2 Å². The molecule has 0 radical (unpaired) electrons. The summed E-state index contributed by atoms with van der Waals surface area (Å²) in [5, 5.41) is 4.25. The van der Waals surface area contributed by atoms with Gasteiger partial charge in [0.05, 0.1) is 19.8 Å². The molecule has 3 aromatic carbocycles. The zero-order valence-corrected chi connectivity index (χ0v) is 22.4. The zero-order valence-electron chi connectivity index (χ0n) is 22.4. The van der Waals surface area contributed by atoms with Crippen LogP contribution in [0.25, 0.3) is 10.9 Å². The summed E-state index contributed by atoms with van der Waals surface area (Å²) in [6.45, 7) is 7.91. The molecule has 1 N–H and O–H groups in total. The number of aromatic nitrogens is 1. The normalized spacial score (nSPS) is 14.8. The molecule has 1 aliphatic heterocycles. The average molecular weight is 530 g/mol. The molecule has 0 saturated carbocycles. The molecule has 6 nitrogen and oxygen atoms in total. The van der Waals surface area contributed by atoms with Crippen LogP contribution in [-0.2, 0) is 16.1 Å². The van der Waals surface area contributed by atoms with Crippen LogP contribution in [0.3, 0.4) is 0 Å². The number of hydrogen-bond acceptors (Lipinski definition) is 4. The second-order valence-corrected chi connectivity index (χ2v) is 9.92. The topological polar surface area (TPSA) is 55.7 Å². The van der Waals surface area contributed by atoms with Gasteiger partial charge < -0.3 is 19.4 Å². The van der Waals surface area contributed by atoms with E-state index in [2.05, 4.69) is 45.2 Å². The highest BCUT2D eigenvalue weighted by molar-refractivity contribution is 5.86. The van der Waals surface area contributed by atoms with E-state index in [1.165, 1.54) is 12.1 Å². The Kier molecular flexibility index (Phi) is 8.91. The van der Waals surface area contributed by atoms with Gasteiger partial charge in [-0.15, -0.1) is 0 Å². The van der Waals surface area contributed by atoms with Crippen LogP contribution in [0.1, 0.15) is 36.0 Å². The molecule has 2 heterocycles. The molecule has 4 aromatic rings. The zero-order chi connectivity index (χ0) is 27.0. The minimum absolute atomic E-state index is 0.0255. The maximum absolute atomic E-state index is 13.5. The van der Waals surface area contributed by atoms with Crippen molar-refractivity contribution in [3.05, 3.63) is 102 Å². The van der Waals surface area contributed by atoms with Crippen molar-refractivity contribution in [1.82, 2.24) is 14.8 Å². The van der Waals surface area contributed by atoms with Crippen molar-refractivity contribution >= 4 is 16.8 Å². The summed E-state index contributed by atoms with van der Waals surface area (Å²) in [4.78, 5) is 15.6. The van der Waals surface area contributed by atoms with Gasteiger partial charge in [-0.05, 0) is 53.9 Å². The van der Waals surface area contributed by atoms with Gasteiger partial charge >= 0.3 is 0 Å². The van der Waals surface area contributed by atoms with Gasteiger partial charge in [-0.25, -0.2) is 4.39 Å². The molecular formula is C32H36FN3O3. The third-order valence-corrected chi connectivity index (χ3v) is 7.30. The van der Waals surface area contributed by atoms with Crippen LogP contribution in [0.4, 0.5) is 4.39 Å². The second-order valence-electron chi connectivity index (χ2n) is 9.92. The second kappa shape index (κ2) is 12.9. The first-order valence-electron chi connectivity index (χ1n) is 13.7. The van der Waals surface area contributed by atoms with Crippen LogP contribution in [0, 0.1) is 5.82 Å². The number of benzene rings is 3. The Balaban J connectivity index is 1.42. The Morgan fingerprint density at radius 3 is 2.51 bits per heavy atom. The molecule has 1 fully saturated rings. The van der Waals surface area contributed by atoms with E-state index in [0.717, 1.165) is 66.2 Å². The average Bonchev–Trinajstić information content (AvgIpc) is 3.32. The lowest BCUT2D eigenvalue weighted by Crippen LogP contribution is -2.41. The first-order chi connectivity index (χ1) is 19.1. The predicted molar refractivity (Wildman–Crippen MR) is 152 cm³/mol. The predicted octanol–water partition coefficient (Wildman–Crippen LogP) is 5.20. The minimum atomic E-state index is -0.244. The van der Waals surface area contributed by atoms with Gasteiger partial charge in [0.25, 0.3) is 0 Å². The molecule has 1 aliphatic rings. The Morgan fingerprint density at radius 2 is 1.77 bits per heavy atom. The fourth-order valence-electron chi connectivity index (χ4n) is 5.28. The van der Waals surface area contributed by atoms with Crippen LogP contribution >= 0.6 is 0 Å². The number of carbonyl (C=O) groups excluding carboxylic acids is 1. The maximum atomic E-state index is 13.5. The number of halogens is 1. The highest BCUT2D eigenvalue weighted by Gasteiger charge is 2.23. The number of morpholine rings is 1. The molecule has 39 heavy (non-hydrogen) atoms. The standard InChI is InChI=1S/C32H36FN3O3/c1-2-39-27-13-9-25(10-14-27)29(21-32(37)34-15-16-35-17-19-38-20-18-35)30-23-36(31-6-4-3-5-28(30)31)22-24-7-11-26(33)12-8-24/h3-14,23,29H,2,15-22H2,1H3,(H,34,37). The molecule has 1 atom stereocenters. The van der Waals surface area contributed by atoms with E-state index in [0.29, 0.717) is 26.1 Å². The number of amides is 1. The third kappa shape index (κ3) is 6.85. The Bertz CT molecular complexity index is 1360. The molecule has 5 rings (SSSR count). The van der Waals surface area contributed by atoms with E-state index in [1.54, 1.807) is 0 Å². The lowest BCUT2D eigenvalue weighted by atomic mass is 9.88. The largest absolute Gasteiger partial charge is 0.494 e. The van der Waals surface area contributed by atoms with E-state index < -0.39 is 0 Å². The van der Waals surface area contributed by atoms with E-state index in [1.807, 2.05) is 43.3 Å². The monoisotopic (exact) mass is 529 g/mol. The first kappa shape index (κ1) is 26.9. The molecule has 204 valence electrons. The lowest BCUT2D eigenvalue weighted by molar-refractivity contribution is -0.121. The fourth-order valence-corrected chi connectivity index (χ4v) is 5.28. The summed E-state index contributed by atoms with van der Waals surface area (Å²) in [5.74, 6) is 0.460. The van der Waals surface area contributed by atoms with Crippen LogP contribution in [0.5, 0.6) is 5.75 Å². The third-order valence-electron chi connectivity index (χ3n) is 7.30. The molecule has 1 unspecified atom stereocenters. The molecule has 7 heteroatoms. The van der Waals surface area contributed by atoms with Crippen molar-refractivity contribution in [2.75, 3.05) is 46.0 Å². The number of fused-ring (bicyclic) bond motifs is 1. The summed E-state index contributed by atoms with van der Waals surface area (Å²) >= 11 is 0. The highest BCUT2D eigenvalue weighted by Crippen LogP contribution is 2.36. The molecule has 1 aromatic heterocycles. The SMILES string of the molecule is CCOc1ccc(C(CC(=O)NCCN2CCOCC2)c2cn(Cc3ccc(F)cc3)c3ccccc23)cc1. The number of rotatable bonds is 11. The molecule has 1 saturated heterocycles. The smallest absolute Gasteiger partial charge is 0.220 e. The van der Waals surface area contributed by atoms with Crippen molar-refractivity contribution in [2.45, 2.75) is 25.8 Å². The van der Waals surface area contributed by atoms with Crippen molar-refractivity contribution in [1.29, 1.82) is 0 Å². The number of nitrogens with zero attached hydrogens (tertiary/aromatic N) is 2. The number of nitrogens with one attached hydrogen (secondary N) is 1. The van der Waals surface area contributed by atoms with Crippen LogP contribution in [0.15, 0.2) is 79.0 Å². The van der Waals surface area contributed by atoms with Crippen molar-refractivity contribution in [3.63, 3.8) is 0 Å². The van der Waals surface area contributed by atoms with E-state index in [-0.39, 0.29) is 17.6 Å². The van der Waals surface area contributed by atoms with Crippen LogP contribution < -0.4 is 10.1 Å². The van der Waals surface area contributed by atoms with E-state index in [4.69, 9.17) is 9.47 Å². The van der Waals surface area contributed by atoms with Crippen LogP contribution in [0.2, 0.25) is 0 Å². The molecular weight excluding hydrogens is 493 g/mol. The first-order valence-corrected chi connectivity index (χ1v) is 13.7. The van der Waals surface area contributed by atoms with Gasteiger partial charge in [-0.3, -0.25) is 9.69 Å². The van der Waals surface area contributed by atoms with Crippen molar-refractivity contribution in [2.24, 2.45) is 0 Å². The van der Waals surface area contributed by atoms with Crippen molar-refractivity contribution < 1.29 is 18.7 Å². The van der Waals surface area contributed by atoms with E-state index in [9.17, 15) is 9.18 Å². The number of carbonyl (C=O) groups is 1. The molecule has 0 spiro atoms. The number of para-hydroxylation sites is 1. The summed E-state index contributed by atoms with van der Waals surface area (Å²) < 4.78 is 26.8. The minimum Gasteiger partial charge on any atom is -0.494 e. The van der Waals surface area contributed by atoms with E-state index >= 15 is 0 Å². The molecule has 0 aliphatic carbocycles. The summed E-state index contributed by atoms with van der Waals surface area (Å²) in [6, 6.07) is 22.9. The summed E-state index contributed by atoms with van der Waals surface area (Å²) in [6.07, 6.45) is 2.48. The van der Waals surface area contributed by atoms with Crippen molar-refractivity contribution in [3.8, 4) is 5.75 Å². The molecule has 0 bridgehead atoms. The van der Waals surface area contributed by atoms with Gasteiger partial charge in [-0.1, -0.05) is 42.5 Å². The lowest BCUT2D eigenvalue weighted by Gasteiger charge is -2.26. The number of ether oxygens (including phenoxy) is 2. The highest BCUT2D eigenvalue weighted by atomic mass is 19.1. The van der Waals surface area contributed by atoms with Gasteiger partial charge in [0.2, 0.25) is 5.91 Å². The Labute approximate surface area is 229 Å². The molecule has 1 amide bonds. The van der Waals surface area contributed by atoms with Crippen LogP contribution in [-0.4, -0.2) is 61.4 Å². The Morgan fingerprint density at radius 1 is 1.03 bits per heavy atom. The maximum Gasteiger partial charge on any atom is 0.220 e. The van der Waals surface area contributed by atoms with Gasteiger partial charge in [0.15, 0.2) is 0 Å². The van der Waals surface area contributed by atoms with Gasteiger partial charge in [0.1, 0.15) is 11.6 Å². The fraction of sp³-hybridized carbons (Fsp3) is 0.344. The van der Waals surface area contributed by atoms with Gasteiger partial charge in [-0.2, -0.15) is 0 Å². The summed E-state index contributed by atoms with van der Waals surface area (Å²) in [7, 11) is 0. The number of hydrogen-bond donors (Lipinski definition) is 1.